The van der Waals surface area contributed by atoms with E-state index in [1.165, 1.54) is 39.5 Å². The lowest BCUT2D eigenvalue weighted by molar-refractivity contribution is -0.953. The van der Waals surface area contributed by atoms with E-state index in [0.717, 1.165) is 18.2 Å². The van der Waals surface area contributed by atoms with E-state index in [2.05, 4.69) is 15.0 Å². The second kappa shape index (κ2) is 13.3. The van der Waals surface area contributed by atoms with E-state index in [-0.39, 0.29) is 46.3 Å². The van der Waals surface area contributed by atoms with Gasteiger partial charge in [0.1, 0.15) is 29.0 Å². The summed E-state index contributed by atoms with van der Waals surface area (Å²) in [7, 11) is 0.167. The monoisotopic (exact) mass is 761 g/mol. The summed E-state index contributed by atoms with van der Waals surface area (Å²) in [5, 5.41) is 13.9. The zero-order valence-corrected chi connectivity index (χ0v) is 29.7. The Bertz CT molecular complexity index is 2180. The number of ether oxygens (including phenoxy) is 3. The number of pyridine rings is 1. The molecule has 0 aliphatic carbocycles. The molecule has 274 valence electrons. The molecule has 1 aromatic heterocycles. The van der Waals surface area contributed by atoms with Crippen LogP contribution in [0.1, 0.15) is 17.5 Å². The van der Waals surface area contributed by atoms with Gasteiger partial charge >= 0.3 is 12.3 Å². The highest BCUT2D eigenvalue weighted by atomic mass is 35.5. The molecule has 1 fully saturated rings. The van der Waals surface area contributed by atoms with Gasteiger partial charge in [0.2, 0.25) is 5.54 Å². The first kappa shape index (κ1) is 36.9. The number of nitrogens with one attached hydrogen (secondary N) is 1. The minimum atomic E-state index is -5.33. The van der Waals surface area contributed by atoms with Crippen LogP contribution in [0.2, 0.25) is 5.02 Å². The molecular formula is C35H33ClF3N4O8S+. The van der Waals surface area contributed by atoms with Crippen molar-refractivity contribution in [3.8, 4) is 28.4 Å². The molecule has 0 bridgehead atoms. The van der Waals surface area contributed by atoms with Crippen LogP contribution in [0.15, 0.2) is 84.0 Å². The second-order valence-corrected chi connectivity index (χ2v) is 14.6. The Labute approximate surface area is 301 Å². The van der Waals surface area contributed by atoms with Crippen molar-refractivity contribution in [1.82, 2.24) is 10.3 Å². The molecule has 3 aromatic carbocycles. The van der Waals surface area contributed by atoms with Crippen LogP contribution in [0.5, 0.6) is 17.2 Å². The number of aliphatic hydroxyl groups is 1. The van der Waals surface area contributed by atoms with Crippen molar-refractivity contribution in [2.75, 3.05) is 39.2 Å². The first-order valence-corrected chi connectivity index (χ1v) is 17.5. The average molecular weight is 762 g/mol. The summed E-state index contributed by atoms with van der Waals surface area (Å²) in [6.07, 6.45) is -3.48. The third kappa shape index (κ3) is 5.79. The molecule has 2 unspecified atom stereocenters. The van der Waals surface area contributed by atoms with Crippen LogP contribution < -0.4 is 23.8 Å². The van der Waals surface area contributed by atoms with E-state index in [0.29, 0.717) is 15.4 Å². The number of alkyl halides is 3. The number of hydrogen-bond acceptors (Lipinski definition) is 9. The van der Waals surface area contributed by atoms with E-state index in [1.807, 2.05) is 0 Å². The number of carbonyl (C=O) groups excluding carboxylic acids is 2. The van der Waals surface area contributed by atoms with E-state index in [4.69, 9.17) is 21.1 Å². The number of halogens is 4. The molecule has 17 heteroatoms. The van der Waals surface area contributed by atoms with E-state index in [1.54, 1.807) is 49.8 Å². The predicted molar refractivity (Wildman–Crippen MR) is 182 cm³/mol. The molecule has 4 atom stereocenters. The van der Waals surface area contributed by atoms with E-state index >= 15 is 4.79 Å². The Kier molecular flexibility index (Phi) is 9.40. The normalized spacial score (nSPS) is 22.9. The molecule has 0 spiro atoms. The van der Waals surface area contributed by atoms with Crippen molar-refractivity contribution < 1.29 is 55.0 Å². The number of rotatable bonds is 9. The third-order valence-corrected chi connectivity index (χ3v) is 11.6. The molecule has 2 amide bonds. The van der Waals surface area contributed by atoms with E-state index < -0.39 is 61.0 Å². The fraction of sp³-hybridized carbons (Fsp3) is 0.286. The number of carbonyl (C=O) groups is 2. The molecule has 2 aliphatic rings. The van der Waals surface area contributed by atoms with Crippen molar-refractivity contribution in [3.63, 3.8) is 0 Å². The Hall–Kier alpha value is -4.90. The smallest absolute Gasteiger partial charge is 0.497 e. The molecule has 3 heterocycles. The second-order valence-electron chi connectivity index (χ2n) is 12.4. The molecule has 2 aliphatic heterocycles. The summed E-state index contributed by atoms with van der Waals surface area (Å²) in [6.45, 7) is -0.239. The van der Waals surface area contributed by atoms with E-state index in [9.17, 15) is 31.5 Å². The fourth-order valence-corrected chi connectivity index (χ4v) is 9.23. The first-order valence-electron chi connectivity index (χ1n) is 15.7. The molecular weight excluding hydrogens is 729 g/mol. The van der Waals surface area contributed by atoms with Gasteiger partial charge in [-0.2, -0.15) is 4.31 Å². The summed E-state index contributed by atoms with van der Waals surface area (Å²) in [5.74, 6) is -2.92. The molecule has 52 heavy (non-hydrogen) atoms. The molecule has 0 radical (unpaired) electrons. The first-order chi connectivity index (χ1) is 24.5. The van der Waals surface area contributed by atoms with Crippen LogP contribution >= 0.6 is 11.6 Å². The number of amides is 2. The fourth-order valence-electron chi connectivity index (χ4n) is 7.49. The van der Waals surface area contributed by atoms with Crippen molar-refractivity contribution in [3.05, 3.63) is 95.3 Å². The average Bonchev–Trinajstić information content (AvgIpc) is 3.57. The molecule has 4 aromatic rings. The third-order valence-electron chi connectivity index (χ3n) is 9.65. The number of aliphatic hydroxyl groups excluding tert-OH is 1. The van der Waals surface area contributed by atoms with Gasteiger partial charge in [-0.05, 0) is 65.7 Å². The minimum absolute atomic E-state index is 0.00365. The Balaban J connectivity index is 1.74. The van der Waals surface area contributed by atoms with Gasteiger partial charge in [0, 0.05) is 37.0 Å². The van der Waals surface area contributed by atoms with Gasteiger partial charge in [0.05, 0.1) is 38.1 Å². The quantitative estimate of drug-likeness (QED) is 0.234. The van der Waals surface area contributed by atoms with Crippen molar-refractivity contribution in [1.29, 1.82) is 0 Å². The van der Waals surface area contributed by atoms with Gasteiger partial charge in [0.25, 0.3) is 15.9 Å². The number of aromatic nitrogens is 1. The van der Waals surface area contributed by atoms with Crippen LogP contribution in [-0.2, 0) is 25.2 Å². The number of benzene rings is 3. The molecule has 2 N–H and O–H groups in total. The SMILES string of the molecule is CNC(=O)[C@@H]1C[C@@H](O)C[N+]1(C)C1(c2cc(-c3ccncc3)ccc2OC)C(=O)N(S(=O)(=O)c2ccc(OC)cc2OC(F)(F)F)c2ccc(Cl)cc21. The highest BCUT2D eigenvalue weighted by Gasteiger charge is 2.72. The maximum Gasteiger partial charge on any atom is 0.573 e. The van der Waals surface area contributed by atoms with Crippen LogP contribution in [0.25, 0.3) is 11.1 Å². The number of methoxy groups -OCH3 is 2. The Morgan fingerprint density at radius 3 is 2.35 bits per heavy atom. The maximum atomic E-state index is 15.7. The Morgan fingerprint density at radius 2 is 1.71 bits per heavy atom. The summed E-state index contributed by atoms with van der Waals surface area (Å²) < 4.78 is 85.6. The van der Waals surface area contributed by atoms with Gasteiger partial charge in [-0.15, -0.1) is 13.2 Å². The molecule has 0 saturated carbocycles. The number of nitrogens with zero attached hydrogens (tertiary/aromatic N) is 3. The molecule has 6 rings (SSSR count). The molecule has 1 saturated heterocycles. The van der Waals surface area contributed by atoms with Gasteiger partial charge in [-0.1, -0.05) is 17.7 Å². The lowest BCUT2D eigenvalue weighted by atomic mass is 9.78. The van der Waals surface area contributed by atoms with Crippen molar-refractivity contribution >= 4 is 39.1 Å². The number of likely N-dealkylation sites (tertiary alicyclic amines) is 1. The standard InChI is InChI=1S/C35H32ClF3N4O8S/c1-40-32(45)28-17-23(44)19-43(28,2)34(26-15-21(5-9-29(26)50-4)20-11-13-41-14-12-20)25-16-22(36)6-8-27(25)42(33(34)46)52(47,48)31-10-7-24(49-3)18-30(31)51-35(37,38)39/h5-16,18,23,28,44H,17,19H2,1-4H3/p+1/t23-,28+,34?,43?/m1/s1. The maximum absolute atomic E-state index is 15.7. The highest BCUT2D eigenvalue weighted by molar-refractivity contribution is 7.93. The van der Waals surface area contributed by atoms with Crippen molar-refractivity contribution in [2.24, 2.45) is 0 Å². The zero-order valence-electron chi connectivity index (χ0n) is 28.1. The largest absolute Gasteiger partial charge is 0.573 e. The predicted octanol–water partition coefficient (Wildman–Crippen LogP) is 4.62. The van der Waals surface area contributed by atoms with Gasteiger partial charge in [-0.3, -0.25) is 19.1 Å². The number of likely N-dealkylation sites (N-methyl/N-ethyl adjacent to an activating group) is 2. The van der Waals surface area contributed by atoms with Crippen LogP contribution in [0.3, 0.4) is 0 Å². The minimum Gasteiger partial charge on any atom is -0.497 e. The number of quaternary nitrogens is 1. The summed E-state index contributed by atoms with van der Waals surface area (Å²) >= 11 is 6.59. The lowest BCUT2D eigenvalue weighted by Crippen LogP contribution is -2.69. The summed E-state index contributed by atoms with van der Waals surface area (Å²) in [6, 6.07) is 13.8. The van der Waals surface area contributed by atoms with Crippen LogP contribution in [-0.4, -0.2) is 88.2 Å². The topological polar surface area (TPSA) is 144 Å². The number of hydrogen-bond donors (Lipinski definition) is 2. The highest BCUT2D eigenvalue weighted by Crippen LogP contribution is 2.58. The number of anilines is 1. The van der Waals surface area contributed by atoms with Gasteiger partial charge < -0.3 is 24.6 Å². The van der Waals surface area contributed by atoms with Crippen LogP contribution in [0.4, 0.5) is 18.9 Å². The Morgan fingerprint density at radius 1 is 1.00 bits per heavy atom. The summed E-state index contributed by atoms with van der Waals surface area (Å²) in [4.78, 5) is 32.5. The summed E-state index contributed by atoms with van der Waals surface area (Å²) in [5.41, 5.74) is -1.17. The molecule has 12 nitrogen and oxygen atoms in total. The lowest BCUT2D eigenvalue weighted by Gasteiger charge is -2.48. The van der Waals surface area contributed by atoms with Gasteiger partial charge in [-0.25, -0.2) is 8.42 Å². The zero-order chi connectivity index (χ0) is 37.8. The van der Waals surface area contributed by atoms with Crippen LogP contribution in [0, 0.1) is 0 Å². The number of sulfonamides is 1. The van der Waals surface area contributed by atoms with Crippen molar-refractivity contribution in [2.45, 2.75) is 35.4 Å². The van der Waals surface area contributed by atoms with Gasteiger partial charge in [0.15, 0.2) is 11.8 Å². The number of fused-ring (bicyclic) bond motifs is 1.